The topological polar surface area (TPSA) is 82.2 Å². The van der Waals surface area contributed by atoms with Gasteiger partial charge in [-0.05, 0) is 20.8 Å². The minimum atomic E-state index is -0.0937. The summed E-state index contributed by atoms with van der Waals surface area (Å²) in [6, 6.07) is 0.0395. The van der Waals surface area contributed by atoms with E-state index < -0.39 is 0 Å². The first-order valence-corrected chi connectivity index (χ1v) is 4.85. The Morgan fingerprint density at radius 3 is 2.50 bits per heavy atom. The lowest BCUT2D eigenvalue weighted by molar-refractivity contribution is 0.199. The van der Waals surface area contributed by atoms with Crippen LogP contribution in [0.5, 0.6) is 0 Å². The molecule has 0 heterocycles. The maximum atomic E-state index is 11.5. The summed E-state index contributed by atoms with van der Waals surface area (Å²) in [5.41, 5.74) is 5.22. The molecular weight excluding hydrogens is 180 g/mol. The van der Waals surface area contributed by atoms with Crippen LogP contribution in [-0.4, -0.2) is 35.9 Å². The molecule has 0 bridgehead atoms. The zero-order chi connectivity index (χ0) is 11.1. The fourth-order valence-electron chi connectivity index (χ4n) is 0.997. The summed E-state index contributed by atoms with van der Waals surface area (Å²) in [4.78, 5) is 13.1. The second kappa shape index (κ2) is 6.23. The van der Waals surface area contributed by atoms with Crippen LogP contribution in [0.25, 0.3) is 0 Å². The summed E-state index contributed by atoms with van der Waals surface area (Å²) in [6.07, 6.45) is 0.430. The van der Waals surface area contributed by atoms with Gasteiger partial charge in [0.15, 0.2) is 0 Å². The minimum Gasteiger partial charge on any atom is -0.388 e. The van der Waals surface area contributed by atoms with Crippen LogP contribution in [0.3, 0.4) is 0 Å². The predicted molar refractivity (Wildman–Crippen MR) is 57.4 cm³/mol. The number of amidine groups is 1. The van der Waals surface area contributed by atoms with E-state index in [1.807, 2.05) is 20.8 Å². The van der Waals surface area contributed by atoms with E-state index in [0.717, 1.165) is 0 Å². The molecule has 2 amide bonds. The maximum absolute atomic E-state index is 11.5. The third-order valence-electron chi connectivity index (χ3n) is 1.73. The van der Waals surface area contributed by atoms with Crippen LogP contribution in [0, 0.1) is 5.41 Å². The van der Waals surface area contributed by atoms with Gasteiger partial charge in [0.2, 0.25) is 0 Å². The van der Waals surface area contributed by atoms with Crippen molar-refractivity contribution >= 4 is 11.9 Å². The van der Waals surface area contributed by atoms with E-state index >= 15 is 0 Å². The molecule has 5 heteroatoms. The van der Waals surface area contributed by atoms with Gasteiger partial charge in [0.1, 0.15) is 0 Å². The van der Waals surface area contributed by atoms with Crippen molar-refractivity contribution in [3.8, 4) is 0 Å². The number of rotatable bonds is 5. The minimum absolute atomic E-state index is 0.0937. The summed E-state index contributed by atoms with van der Waals surface area (Å²) in [5.74, 6) is 0.112. The summed E-state index contributed by atoms with van der Waals surface area (Å²) < 4.78 is 0. The third-order valence-corrected chi connectivity index (χ3v) is 1.73. The molecule has 0 unspecified atom stereocenters. The maximum Gasteiger partial charge on any atom is 0.317 e. The molecule has 14 heavy (non-hydrogen) atoms. The van der Waals surface area contributed by atoms with Crippen molar-refractivity contribution < 1.29 is 4.79 Å². The molecule has 0 aliphatic rings. The number of nitrogens with zero attached hydrogens (tertiary/aromatic N) is 1. The zero-order valence-corrected chi connectivity index (χ0v) is 9.13. The molecule has 0 saturated heterocycles. The van der Waals surface area contributed by atoms with Gasteiger partial charge >= 0.3 is 6.03 Å². The Balaban J connectivity index is 3.99. The van der Waals surface area contributed by atoms with Gasteiger partial charge in [-0.25, -0.2) is 4.79 Å². The number of nitrogens with two attached hydrogens (primary N) is 1. The molecule has 0 radical (unpaired) electrons. The van der Waals surface area contributed by atoms with Crippen molar-refractivity contribution in [1.29, 1.82) is 5.41 Å². The van der Waals surface area contributed by atoms with Gasteiger partial charge in [-0.15, -0.1) is 0 Å². The van der Waals surface area contributed by atoms with Crippen LogP contribution in [0.4, 0.5) is 4.79 Å². The van der Waals surface area contributed by atoms with E-state index in [1.165, 1.54) is 0 Å². The molecule has 0 aliphatic carbocycles. The molecule has 0 aliphatic heterocycles. The normalized spacial score (nSPS) is 10.0. The Kier molecular flexibility index (Phi) is 5.67. The molecule has 82 valence electrons. The van der Waals surface area contributed by atoms with E-state index in [0.29, 0.717) is 19.5 Å². The monoisotopic (exact) mass is 200 g/mol. The molecule has 0 saturated carbocycles. The average molecular weight is 200 g/mol. The Hall–Kier alpha value is -1.26. The summed E-state index contributed by atoms with van der Waals surface area (Å²) in [6.45, 7) is 6.86. The van der Waals surface area contributed by atoms with Crippen molar-refractivity contribution in [2.75, 3.05) is 13.1 Å². The van der Waals surface area contributed by atoms with Crippen molar-refractivity contribution in [3.05, 3.63) is 0 Å². The number of carbonyl (C=O) groups excluding carboxylic acids is 1. The van der Waals surface area contributed by atoms with E-state index in [-0.39, 0.29) is 17.9 Å². The summed E-state index contributed by atoms with van der Waals surface area (Å²) in [7, 11) is 0. The van der Waals surface area contributed by atoms with E-state index in [1.54, 1.807) is 4.90 Å². The lowest BCUT2D eigenvalue weighted by atomic mass is 10.3. The largest absolute Gasteiger partial charge is 0.388 e. The fourth-order valence-corrected chi connectivity index (χ4v) is 0.997. The van der Waals surface area contributed by atoms with Gasteiger partial charge in [0.05, 0.1) is 5.84 Å². The van der Waals surface area contributed by atoms with Crippen LogP contribution < -0.4 is 11.1 Å². The van der Waals surface area contributed by atoms with Crippen LogP contribution in [0.2, 0.25) is 0 Å². The fraction of sp³-hybridized carbons (Fsp3) is 0.778. The summed E-state index contributed by atoms with van der Waals surface area (Å²) in [5, 5.41) is 9.86. The van der Waals surface area contributed by atoms with Gasteiger partial charge in [0.25, 0.3) is 0 Å². The Morgan fingerprint density at radius 1 is 1.57 bits per heavy atom. The molecule has 0 aromatic rings. The molecule has 0 atom stereocenters. The standard InChI is InChI=1S/C9H20N4O/c1-4-13(6-5-8(10)11)9(14)12-7(2)3/h7H,4-6H2,1-3H3,(H3,10,11)(H,12,14). The van der Waals surface area contributed by atoms with Gasteiger partial charge < -0.3 is 16.0 Å². The van der Waals surface area contributed by atoms with Crippen LogP contribution in [0.1, 0.15) is 27.2 Å². The molecule has 5 nitrogen and oxygen atoms in total. The number of hydrogen-bond donors (Lipinski definition) is 3. The van der Waals surface area contributed by atoms with Gasteiger partial charge in [-0.2, -0.15) is 0 Å². The van der Waals surface area contributed by atoms with Crippen molar-refractivity contribution in [3.63, 3.8) is 0 Å². The third kappa shape index (κ3) is 5.40. The number of carbonyl (C=O) groups is 1. The average Bonchev–Trinajstić information content (AvgIpc) is 2.03. The van der Waals surface area contributed by atoms with Crippen molar-refractivity contribution in [1.82, 2.24) is 10.2 Å². The van der Waals surface area contributed by atoms with Crippen LogP contribution in [-0.2, 0) is 0 Å². The molecule has 0 aromatic heterocycles. The smallest absolute Gasteiger partial charge is 0.317 e. The van der Waals surface area contributed by atoms with Crippen LogP contribution in [0.15, 0.2) is 0 Å². The first kappa shape index (κ1) is 12.7. The van der Waals surface area contributed by atoms with Crippen molar-refractivity contribution in [2.45, 2.75) is 33.2 Å². The number of amides is 2. The Labute approximate surface area is 85.2 Å². The van der Waals surface area contributed by atoms with Crippen molar-refractivity contribution in [2.24, 2.45) is 5.73 Å². The lowest BCUT2D eigenvalue weighted by Gasteiger charge is -2.22. The first-order chi connectivity index (χ1) is 6.47. The molecule has 0 fully saturated rings. The highest BCUT2D eigenvalue weighted by molar-refractivity contribution is 5.78. The molecule has 0 rings (SSSR count). The van der Waals surface area contributed by atoms with Gasteiger partial charge in [-0.1, -0.05) is 0 Å². The highest BCUT2D eigenvalue weighted by Gasteiger charge is 2.11. The quantitative estimate of drug-likeness (QED) is 0.452. The first-order valence-electron chi connectivity index (χ1n) is 4.85. The SMILES string of the molecule is CCN(CCC(=N)N)C(=O)NC(C)C. The Bertz CT molecular complexity index is 203. The molecule has 0 aromatic carbocycles. The highest BCUT2D eigenvalue weighted by Crippen LogP contribution is 1.93. The molecular formula is C9H20N4O. The van der Waals surface area contributed by atoms with Crippen LogP contribution >= 0.6 is 0 Å². The zero-order valence-electron chi connectivity index (χ0n) is 9.13. The predicted octanol–water partition coefficient (Wildman–Crippen LogP) is 0.752. The second-order valence-electron chi connectivity index (χ2n) is 3.46. The molecule has 0 spiro atoms. The Morgan fingerprint density at radius 2 is 2.14 bits per heavy atom. The molecule has 4 N–H and O–H groups in total. The van der Waals surface area contributed by atoms with E-state index in [9.17, 15) is 4.79 Å². The van der Waals surface area contributed by atoms with Gasteiger partial charge in [0, 0.05) is 25.6 Å². The second-order valence-corrected chi connectivity index (χ2v) is 3.46. The van der Waals surface area contributed by atoms with E-state index in [2.05, 4.69) is 5.32 Å². The number of nitrogens with one attached hydrogen (secondary N) is 2. The summed E-state index contributed by atoms with van der Waals surface area (Å²) >= 11 is 0. The lowest BCUT2D eigenvalue weighted by Crippen LogP contribution is -2.43. The number of urea groups is 1. The van der Waals surface area contributed by atoms with Gasteiger partial charge in [-0.3, -0.25) is 5.41 Å². The number of hydrogen-bond acceptors (Lipinski definition) is 2. The van der Waals surface area contributed by atoms with E-state index in [4.69, 9.17) is 11.1 Å². The highest BCUT2D eigenvalue weighted by atomic mass is 16.2.